The van der Waals surface area contributed by atoms with Crippen molar-refractivity contribution < 1.29 is 13.2 Å². The molecule has 296 valence electrons. The van der Waals surface area contributed by atoms with E-state index in [-0.39, 0.29) is 16.0 Å². The molecule has 56 heavy (non-hydrogen) atoms. The Bertz CT molecular complexity index is 2340. The van der Waals surface area contributed by atoms with Crippen LogP contribution in [0.4, 0.5) is 24.5 Å². The molecule has 2 aliphatic rings. The minimum Gasteiger partial charge on any atom is -0.387 e. The molecule has 0 saturated carbocycles. The highest BCUT2D eigenvalue weighted by Gasteiger charge is 2.32. The molecule has 1 aliphatic heterocycles. The van der Waals surface area contributed by atoms with Crippen molar-refractivity contribution in [2.45, 2.75) is 78.4 Å². The number of halogens is 4. The number of anilines is 2. The van der Waals surface area contributed by atoms with Gasteiger partial charge in [0.25, 0.3) is 5.56 Å². The number of rotatable bonds is 8. The summed E-state index contributed by atoms with van der Waals surface area (Å²) in [5.74, 6) is 1.14. The van der Waals surface area contributed by atoms with Crippen molar-refractivity contribution in [1.82, 2.24) is 34.0 Å². The predicted molar refractivity (Wildman–Crippen MR) is 219 cm³/mol. The molecular weight excluding hydrogens is 739 g/mol. The SMILES string of the molecule is C=CCn1c(CC)c(N2CCN(C(=C)c3ncnc(C)c3C)CC2)c(=O)n2nc(-c3ccc4c(c3)CCCC4(C)C)nc12.CNc1ccc(C(F)(F)F)cc1Cl. The number of allylic oxidation sites excluding steroid dienone is 1. The summed E-state index contributed by atoms with van der Waals surface area (Å²) in [5.41, 5.74) is 8.93. The maximum atomic E-state index is 14.2. The second kappa shape index (κ2) is 16.1. The van der Waals surface area contributed by atoms with E-state index in [0.717, 1.165) is 65.5 Å². The number of alkyl halides is 3. The Morgan fingerprint density at radius 2 is 1.80 bits per heavy atom. The van der Waals surface area contributed by atoms with E-state index in [9.17, 15) is 18.0 Å². The van der Waals surface area contributed by atoms with Crippen molar-refractivity contribution in [3.63, 3.8) is 0 Å². The fraction of sp³-hybridized carbons (Fsp3) is 0.405. The third kappa shape index (κ3) is 7.91. The fourth-order valence-electron chi connectivity index (χ4n) is 7.73. The van der Waals surface area contributed by atoms with Crippen LogP contribution in [0.3, 0.4) is 0 Å². The van der Waals surface area contributed by atoms with Crippen LogP contribution in [0.5, 0.6) is 0 Å². The van der Waals surface area contributed by atoms with Crippen molar-refractivity contribution in [2.24, 2.45) is 0 Å². The van der Waals surface area contributed by atoms with Crippen LogP contribution in [0.2, 0.25) is 5.02 Å². The summed E-state index contributed by atoms with van der Waals surface area (Å²) in [6.07, 6.45) is 3.24. The molecule has 4 heterocycles. The number of fused-ring (bicyclic) bond motifs is 2. The van der Waals surface area contributed by atoms with Crippen LogP contribution in [0.25, 0.3) is 22.9 Å². The van der Waals surface area contributed by atoms with Crippen molar-refractivity contribution in [2.75, 3.05) is 43.4 Å². The van der Waals surface area contributed by atoms with Gasteiger partial charge >= 0.3 is 6.18 Å². The van der Waals surface area contributed by atoms with Gasteiger partial charge in [0.1, 0.15) is 12.0 Å². The van der Waals surface area contributed by atoms with Gasteiger partial charge in [0.05, 0.1) is 33.4 Å². The highest BCUT2D eigenvalue weighted by atomic mass is 35.5. The van der Waals surface area contributed by atoms with E-state index in [1.54, 1.807) is 13.4 Å². The lowest BCUT2D eigenvalue weighted by Gasteiger charge is -2.38. The highest BCUT2D eigenvalue weighted by molar-refractivity contribution is 6.33. The van der Waals surface area contributed by atoms with E-state index in [0.29, 0.717) is 49.0 Å². The van der Waals surface area contributed by atoms with Gasteiger partial charge in [0.15, 0.2) is 5.82 Å². The highest BCUT2D eigenvalue weighted by Crippen LogP contribution is 2.38. The zero-order valence-electron chi connectivity index (χ0n) is 32.9. The molecule has 0 radical (unpaired) electrons. The van der Waals surface area contributed by atoms with E-state index < -0.39 is 11.7 Å². The zero-order chi connectivity index (χ0) is 40.5. The molecule has 7 rings (SSSR count). The lowest BCUT2D eigenvalue weighted by Crippen LogP contribution is -2.48. The molecule has 10 nitrogen and oxygen atoms in total. The standard InChI is InChI=1S/C34H42N8O.C8H7ClF3N/c1-8-15-41-28(9-2)30(40-18-16-39(17-19-40)24(5)29-22(3)23(4)35-21-36-29)32(43)42-33(41)37-31(38-42)26-12-13-27-25(20-26)11-10-14-34(27,6)7;1-13-7-3-2-5(4-6(7)9)8(10,11)12/h8,12-13,20-21H,1,5,9-11,14-19H2,2-4,6-7H3;2-4,13H,1H3. The second-order valence-corrected chi connectivity index (χ2v) is 15.3. The van der Waals surface area contributed by atoms with Gasteiger partial charge in [-0.05, 0) is 85.9 Å². The van der Waals surface area contributed by atoms with Crippen LogP contribution in [0.1, 0.15) is 72.9 Å². The van der Waals surface area contributed by atoms with E-state index in [1.807, 2.05) is 19.9 Å². The quantitative estimate of drug-likeness (QED) is 0.157. The summed E-state index contributed by atoms with van der Waals surface area (Å²) < 4.78 is 40.0. The van der Waals surface area contributed by atoms with Gasteiger partial charge in [0.2, 0.25) is 5.78 Å². The van der Waals surface area contributed by atoms with E-state index >= 15 is 0 Å². The summed E-state index contributed by atoms with van der Waals surface area (Å²) in [4.78, 5) is 32.4. The first kappa shape index (κ1) is 40.5. The molecule has 1 fully saturated rings. The van der Waals surface area contributed by atoms with Gasteiger partial charge in [-0.3, -0.25) is 4.79 Å². The Labute approximate surface area is 330 Å². The third-order valence-corrected chi connectivity index (χ3v) is 11.3. The fourth-order valence-corrected chi connectivity index (χ4v) is 8.01. The first-order chi connectivity index (χ1) is 26.6. The molecule has 0 bridgehead atoms. The van der Waals surface area contributed by atoms with E-state index in [4.69, 9.17) is 21.7 Å². The van der Waals surface area contributed by atoms with Gasteiger partial charge < -0.3 is 19.7 Å². The number of nitrogens with one attached hydrogen (secondary N) is 1. The van der Waals surface area contributed by atoms with Crippen LogP contribution in [-0.2, 0) is 31.0 Å². The lowest BCUT2D eigenvalue weighted by molar-refractivity contribution is -0.137. The molecule has 0 amide bonds. The van der Waals surface area contributed by atoms with Crippen molar-refractivity contribution >= 4 is 34.5 Å². The Hall–Kier alpha value is -5.17. The van der Waals surface area contributed by atoms with Gasteiger partial charge in [-0.1, -0.05) is 57.2 Å². The van der Waals surface area contributed by atoms with Crippen LogP contribution >= 0.6 is 11.6 Å². The summed E-state index contributed by atoms with van der Waals surface area (Å²) in [6.45, 7) is 22.5. The summed E-state index contributed by atoms with van der Waals surface area (Å²) >= 11 is 5.57. The smallest absolute Gasteiger partial charge is 0.387 e. The molecular formula is C42H49ClF3N9O. The summed E-state index contributed by atoms with van der Waals surface area (Å²) in [6, 6.07) is 9.74. The molecule has 14 heteroatoms. The summed E-state index contributed by atoms with van der Waals surface area (Å²) in [5, 5.41) is 7.56. The molecule has 0 spiro atoms. The Kier molecular flexibility index (Phi) is 11.7. The van der Waals surface area contributed by atoms with Crippen molar-refractivity contribution in [3.8, 4) is 11.4 Å². The predicted octanol–water partition coefficient (Wildman–Crippen LogP) is 8.52. The second-order valence-electron chi connectivity index (χ2n) is 14.9. The Morgan fingerprint density at radius 3 is 2.45 bits per heavy atom. The Morgan fingerprint density at radius 1 is 1.07 bits per heavy atom. The van der Waals surface area contributed by atoms with Crippen LogP contribution in [0, 0.1) is 13.8 Å². The van der Waals surface area contributed by atoms with Gasteiger partial charge in [-0.15, -0.1) is 11.7 Å². The van der Waals surface area contributed by atoms with Gasteiger partial charge in [0, 0.05) is 51.0 Å². The van der Waals surface area contributed by atoms with Gasteiger partial charge in [-0.2, -0.15) is 22.7 Å². The largest absolute Gasteiger partial charge is 0.416 e. The molecule has 0 unspecified atom stereocenters. The monoisotopic (exact) mass is 787 g/mol. The third-order valence-electron chi connectivity index (χ3n) is 11.0. The number of nitrogens with zero attached hydrogens (tertiary/aromatic N) is 8. The molecule has 5 aromatic rings. The number of benzene rings is 2. The maximum Gasteiger partial charge on any atom is 0.416 e. The average molecular weight is 788 g/mol. The van der Waals surface area contributed by atoms with Gasteiger partial charge in [-0.25, -0.2) is 9.97 Å². The molecule has 2 aromatic carbocycles. The number of hydrogen-bond donors (Lipinski definition) is 1. The minimum atomic E-state index is -4.34. The molecule has 1 aliphatic carbocycles. The number of piperazine rings is 1. The molecule has 0 atom stereocenters. The topological polar surface area (TPSA) is 96.5 Å². The molecule has 1 N–H and O–H groups in total. The maximum absolute atomic E-state index is 14.2. The van der Waals surface area contributed by atoms with Crippen molar-refractivity contribution in [3.05, 3.63) is 117 Å². The van der Waals surface area contributed by atoms with Crippen LogP contribution in [0.15, 0.2) is 66.8 Å². The Balaban J connectivity index is 0.000000348. The van der Waals surface area contributed by atoms with E-state index in [1.165, 1.54) is 34.6 Å². The van der Waals surface area contributed by atoms with E-state index in [2.05, 4.69) is 81.8 Å². The first-order valence-electron chi connectivity index (χ1n) is 18.9. The average Bonchev–Trinajstić information content (AvgIpc) is 3.63. The zero-order valence-corrected chi connectivity index (χ0v) is 33.7. The number of aryl methyl sites for hydroxylation is 2. The van der Waals surface area contributed by atoms with Crippen LogP contribution < -0.4 is 15.8 Å². The number of aromatic nitrogens is 6. The number of hydrogen-bond acceptors (Lipinski definition) is 8. The normalized spacial score (nSPS) is 15.2. The molecule has 1 saturated heterocycles. The lowest BCUT2D eigenvalue weighted by atomic mass is 9.72. The first-order valence-corrected chi connectivity index (χ1v) is 19.3. The molecule has 3 aromatic heterocycles. The van der Waals surface area contributed by atoms with Crippen LogP contribution in [-0.4, -0.2) is 67.3 Å². The van der Waals surface area contributed by atoms with Crippen molar-refractivity contribution in [1.29, 1.82) is 0 Å². The minimum absolute atomic E-state index is 0.0670. The summed E-state index contributed by atoms with van der Waals surface area (Å²) in [7, 11) is 1.59.